The predicted molar refractivity (Wildman–Crippen MR) is 59.5 cm³/mol. The van der Waals surface area contributed by atoms with E-state index in [0.717, 1.165) is 32.3 Å². The van der Waals surface area contributed by atoms with Crippen molar-refractivity contribution < 1.29 is 4.74 Å². The Morgan fingerprint density at radius 1 is 1.27 bits per heavy atom. The van der Waals surface area contributed by atoms with Crippen molar-refractivity contribution in [1.82, 2.24) is 4.98 Å². The van der Waals surface area contributed by atoms with Crippen LogP contribution in [0.5, 0.6) is 0 Å². The van der Waals surface area contributed by atoms with E-state index in [1.807, 2.05) is 6.20 Å². The van der Waals surface area contributed by atoms with Crippen molar-refractivity contribution in [2.75, 3.05) is 6.61 Å². The molecule has 0 N–H and O–H groups in total. The van der Waals surface area contributed by atoms with Crippen molar-refractivity contribution >= 4 is 11.3 Å². The van der Waals surface area contributed by atoms with E-state index < -0.39 is 0 Å². The minimum Gasteiger partial charge on any atom is -0.497 e. The Labute approximate surface area is 89.3 Å². The zero-order chi connectivity index (χ0) is 10.3. The lowest BCUT2D eigenvalue weighted by molar-refractivity contribution is 0.261. The van der Waals surface area contributed by atoms with Crippen LogP contribution < -0.4 is 10.6 Å². The summed E-state index contributed by atoms with van der Waals surface area (Å²) >= 11 is 0. The molecule has 0 saturated carbocycles. The van der Waals surface area contributed by atoms with Gasteiger partial charge < -0.3 is 4.74 Å². The fraction of sp³-hybridized carbons (Fsp3) is 0.462. The van der Waals surface area contributed by atoms with Crippen LogP contribution in [0, 0.1) is 0 Å². The normalized spacial score (nSPS) is 19.3. The molecule has 0 radical (unpaired) electrons. The minimum atomic E-state index is 0.864. The van der Waals surface area contributed by atoms with Gasteiger partial charge in [-0.05, 0) is 43.4 Å². The summed E-state index contributed by atoms with van der Waals surface area (Å²) in [6.45, 7) is 3.05. The first-order valence-corrected chi connectivity index (χ1v) is 5.66. The Balaban J connectivity index is 2.45. The molecule has 78 valence electrons. The third-order valence-electron chi connectivity index (χ3n) is 3.31. The van der Waals surface area contributed by atoms with Gasteiger partial charge in [-0.2, -0.15) is 0 Å². The maximum Gasteiger partial charge on any atom is 0.106 e. The van der Waals surface area contributed by atoms with Crippen LogP contribution in [0.2, 0.25) is 0 Å². The largest absolute Gasteiger partial charge is 0.497 e. The molecule has 2 aliphatic rings. The molecule has 1 aliphatic carbocycles. The molecule has 0 bridgehead atoms. The number of aromatic nitrogens is 1. The van der Waals surface area contributed by atoms with Crippen molar-refractivity contribution in [1.29, 1.82) is 0 Å². The van der Waals surface area contributed by atoms with E-state index in [9.17, 15) is 0 Å². The SMILES string of the molecule is CC1=c2nccc3c2=C(CC1)OCCC3. The van der Waals surface area contributed by atoms with Crippen molar-refractivity contribution in [3.8, 4) is 0 Å². The van der Waals surface area contributed by atoms with E-state index in [0.29, 0.717) is 0 Å². The fourth-order valence-electron chi connectivity index (χ4n) is 2.49. The molecule has 0 amide bonds. The summed E-state index contributed by atoms with van der Waals surface area (Å²) in [7, 11) is 0. The summed E-state index contributed by atoms with van der Waals surface area (Å²) < 4.78 is 5.82. The van der Waals surface area contributed by atoms with E-state index in [2.05, 4.69) is 18.0 Å². The standard InChI is InChI=1S/C13H15NO/c1-9-4-5-11-12-10(3-2-8-15-11)6-7-14-13(9)12/h6-7H,2-5,8H2,1H3. The first kappa shape index (κ1) is 8.96. The van der Waals surface area contributed by atoms with Crippen LogP contribution in [0.4, 0.5) is 0 Å². The van der Waals surface area contributed by atoms with Crippen molar-refractivity contribution in [2.24, 2.45) is 0 Å². The lowest BCUT2D eigenvalue weighted by Crippen LogP contribution is -2.37. The zero-order valence-corrected chi connectivity index (χ0v) is 9.05. The van der Waals surface area contributed by atoms with Crippen LogP contribution in [0.3, 0.4) is 0 Å². The predicted octanol–water partition coefficient (Wildman–Crippen LogP) is 1.12. The number of aryl methyl sites for hydroxylation is 1. The third kappa shape index (κ3) is 1.36. The Kier molecular flexibility index (Phi) is 2.01. The molecule has 0 saturated heterocycles. The molecule has 0 fully saturated rings. The molecular formula is C13H15NO. The van der Waals surface area contributed by atoms with Crippen molar-refractivity contribution in [2.45, 2.75) is 32.6 Å². The second-order valence-corrected chi connectivity index (χ2v) is 4.35. The average Bonchev–Trinajstić information content (AvgIpc) is 2.47. The van der Waals surface area contributed by atoms with Gasteiger partial charge in [0.05, 0.1) is 12.0 Å². The Hall–Kier alpha value is -1.31. The van der Waals surface area contributed by atoms with Crippen molar-refractivity contribution in [3.05, 3.63) is 28.4 Å². The van der Waals surface area contributed by atoms with Gasteiger partial charge in [0.25, 0.3) is 0 Å². The number of rotatable bonds is 0. The van der Waals surface area contributed by atoms with Gasteiger partial charge >= 0.3 is 0 Å². The van der Waals surface area contributed by atoms with E-state index in [-0.39, 0.29) is 0 Å². The van der Waals surface area contributed by atoms with Gasteiger partial charge in [-0.15, -0.1) is 0 Å². The topological polar surface area (TPSA) is 22.1 Å². The van der Waals surface area contributed by atoms with E-state index in [4.69, 9.17) is 4.74 Å². The molecule has 0 aromatic carbocycles. The van der Waals surface area contributed by atoms with Gasteiger partial charge in [-0.3, -0.25) is 4.98 Å². The summed E-state index contributed by atoms with van der Waals surface area (Å²) in [6, 6.07) is 2.14. The van der Waals surface area contributed by atoms with Gasteiger partial charge in [0, 0.05) is 17.8 Å². The lowest BCUT2D eigenvalue weighted by atomic mass is 9.99. The molecule has 2 heterocycles. The molecule has 1 aromatic heterocycles. The first-order valence-electron chi connectivity index (χ1n) is 5.66. The second-order valence-electron chi connectivity index (χ2n) is 4.35. The van der Waals surface area contributed by atoms with Gasteiger partial charge in [0.15, 0.2) is 0 Å². The molecule has 2 nitrogen and oxygen atoms in total. The summed E-state index contributed by atoms with van der Waals surface area (Å²) in [6.07, 6.45) is 6.34. The highest BCUT2D eigenvalue weighted by Gasteiger charge is 2.15. The molecular weight excluding hydrogens is 186 g/mol. The summed E-state index contributed by atoms with van der Waals surface area (Å²) in [4.78, 5) is 4.50. The number of ether oxygens (including phenoxy) is 1. The molecule has 0 spiro atoms. The third-order valence-corrected chi connectivity index (χ3v) is 3.31. The van der Waals surface area contributed by atoms with Gasteiger partial charge in [-0.1, -0.05) is 0 Å². The molecule has 15 heavy (non-hydrogen) atoms. The first-order chi connectivity index (χ1) is 7.36. The molecule has 0 atom stereocenters. The Morgan fingerprint density at radius 2 is 2.20 bits per heavy atom. The summed E-state index contributed by atoms with van der Waals surface area (Å²) in [5.74, 6) is 1.18. The second kappa shape index (κ2) is 3.37. The van der Waals surface area contributed by atoms with Crippen LogP contribution in [0.25, 0.3) is 11.3 Å². The molecule has 1 aliphatic heterocycles. The number of pyridine rings is 1. The number of nitrogens with zero attached hydrogens (tertiary/aromatic N) is 1. The fourth-order valence-corrected chi connectivity index (χ4v) is 2.49. The highest BCUT2D eigenvalue weighted by Crippen LogP contribution is 2.18. The van der Waals surface area contributed by atoms with Gasteiger partial charge in [-0.25, -0.2) is 0 Å². The summed E-state index contributed by atoms with van der Waals surface area (Å²) in [5.41, 5.74) is 2.83. The number of hydrogen-bond acceptors (Lipinski definition) is 2. The van der Waals surface area contributed by atoms with Crippen LogP contribution in [0.15, 0.2) is 12.3 Å². The van der Waals surface area contributed by atoms with E-state index in [1.54, 1.807) is 0 Å². The molecule has 2 heteroatoms. The van der Waals surface area contributed by atoms with E-state index >= 15 is 0 Å². The van der Waals surface area contributed by atoms with Crippen molar-refractivity contribution in [3.63, 3.8) is 0 Å². The van der Waals surface area contributed by atoms with Crippen LogP contribution in [-0.2, 0) is 11.2 Å². The van der Waals surface area contributed by atoms with Crippen LogP contribution >= 0.6 is 0 Å². The average molecular weight is 201 g/mol. The van der Waals surface area contributed by atoms with E-state index in [1.165, 1.54) is 27.5 Å². The smallest absolute Gasteiger partial charge is 0.106 e. The zero-order valence-electron chi connectivity index (χ0n) is 9.05. The maximum atomic E-state index is 5.82. The maximum absolute atomic E-state index is 5.82. The number of hydrogen-bond donors (Lipinski definition) is 0. The molecule has 1 aromatic rings. The van der Waals surface area contributed by atoms with Crippen LogP contribution in [0.1, 0.15) is 31.7 Å². The van der Waals surface area contributed by atoms with Gasteiger partial charge in [0.2, 0.25) is 0 Å². The molecule has 0 unspecified atom stereocenters. The van der Waals surface area contributed by atoms with Crippen LogP contribution in [-0.4, -0.2) is 11.6 Å². The lowest BCUT2D eigenvalue weighted by Gasteiger charge is -2.13. The van der Waals surface area contributed by atoms with Gasteiger partial charge in [0.1, 0.15) is 5.76 Å². The Morgan fingerprint density at radius 3 is 3.13 bits per heavy atom. The quantitative estimate of drug-likeness (QED) is 0.627. The molecule has 3 rings (SSSR count). The minimum absolute atomic E-state index is 0.864. The summed E-state index contributed by atoms with van der Waals surface area (Å²) in [5, 5.41) is 2.48. The highest BCUT2D eigenvalue weighted by molar-refractivity contribution is 5.53. The highest BCUT2D eigenvalue weighted by atomic mass is 16.5. The monoisotopic (exact) mass is 201 g/mol. The Bertz CT molecular complexity index is 516.